The molecule has 0 radical (unpaired) electrons. The molecule has 0 atom stereocenters. The van der Waals surface area contributed by atoms with Crippen LogP contribution < -0.4 is 0 Å². The molecule has 170 valence electrons. The number of rotatable bonds is 6. The number of aryl methyl sites for hydroxylation is 1. The number of H-pyrrole nitrogens is 2. The number of nitrogens with one attached hydrogen (secondary N) is 2. The third-order valence-corrected chi connectivity index (χ3v) is 6.57. The lowest BCUT2D eigenvalue weighted by atomic mass is 9.93. The minimum absolute atomic E-state index is 0.152. The van der Waals surface area contributed by atoms with E-state index in [1.54, 1.807) is 17.8 Å². The number of hydrogen-bond donors (Lipinski definition) is 3. The van der Waals surface area contributed by atoms with Gasteiger partial charge in [-0.2, -0.15) is 4.98 Å². The van der Waals surface area contributed by atoms with Crippen LogP contribution in [-0.4, -0.2) is 36.9 Å². The molecule has 5 rings (SSSR count). The van der Waals surface area contributed by atoms with Crippen LogP contribution in [0.3, 0.4) is 0 Å². The summed E-state index contributed by atoms with van der Waals surface area (Å²) in [5.74, 6) is 0.423. The molecule has 0 amide bonds. The molecule has 9 heteroatoms. The molecule has 0 saturated carbocycles. The summed E-state index contributed by atoms with van der Waals surface area (Å²) in [5.41, 5.74) is 6.96. The van der Waals surface area contributed by atoms with Crippen LogP contribution in [-0.2, 0) is 0 Å². The van der Waals surface area contributed by atoms with Gasteiger partial charge in [0.05, 0.1) is 16.6 Å². The molecule has 0 bridgehead atoms. The number of nitrogens with zero attached hydrogens (tertiary/aromatic N) is 2. The fraction of sp³-hybridized carbons (Fsp3) is 0.120. The van der Waals surface area contributed by atoms with Crippen LogP contribution in [0.15, 0.2) is 64.3 Å². The lowest BCUT2D eigenvalue weighted by Crippen LogP contribution is -2.00. The summed E-state index contributed by atoms with van der Waals surface area (Å²) in [4.78, 5) is 24.2. The van der Waals surface area contributed by atoms with Crippen LogP contribution in [0, 0.1) is 11.8 Å². The van der Waals surface area contributed by atoms with E-state index < -0.39 is 5.97 Å². The molecule has 0 aliphatic heterocycles. The molecule has 2 heterocycles. The maximum Gasteiger partial charge on any atom is 0.337 e. The van der Waals surface area contributed by atoms with Gasteiger partial charge < -0.3 is 14.6 Å². The SMILES string of the molecule is CCSc1nc2c(C)c(-c3ccc(-c4ccccc4-c4nc(=S)o[nH]4)cc3)cc(C(=O)O)c2[nH]1. The maximum absolute atomic E-state index is 12.0. The van der Waals surface area contributed by atoms with Gasteiger partial charge in [0, 0.05) is 5.56 Å². The van der Waals surface area contributed by atoms with Crippen LogP contribution in [0.25, 0.3) is 44.7 Å². The number of aromatic nitrogens is 4. The highest BCUT2D eigenvalue weighted by atomic mass is 32.2. The van der Waals surface area contributed by atoms with Gasteiger partial charge in [0.25, 0.3) is 0 Å². The van der Waals surface area contributed by atoms with Gasteiger partial charge >= 0.3 is 10.8 Å². The molecule has 7 nitrogen and oxygen atoms in total. The van der Waals surface area contributed by atoms with E-state index in [0.717, 1.165) is 44.3 Å². The normalized spacial score (nSPS) is 11.2. The van der Waals surface area contributed by atoms with Gasteiger partial charge in [-0.05, 0) is 58.8 Å². The van der Waals surface area contributed by atoms with Gasteiger partial charge in [-0.3, -0.25) is 0 Å². The van der Waals surface area contributed by atoms with Gasteiger partial charge in [-0.25, -0.2) is 14.9 Å². The first-order chi connectivity index (χ1) is 16.5. The van der Waals surface area contributed by atoms with Crippen LogP contribution in [0.1, 0.15) is 22.8 Å². The highest BCUT2D eigenvalue weighted by Gasteiger charge is 2.19. The molecule has 3 N–H and O–H groups in total. The number of carboxylic acids is 1. The molecule has 0 unspecified atom stereocenters. The first kappa shape index (κ1) is 22.1. The number of imidazole rings is 1. The minimum Gasteiger partial charge on any atom is -0.478 e. The second-order valence-corrected chi connectivity index (χ2v) is 9.26. The maximum atomic E-state index is 12.0. The van der Waals surface area contributed by atoms with Gasteiger partial charge in [0.15, 0.2) is 11.0 Å². The van der Waals surface area contributed by atoms with Gasteiger partial charge in [-0.15, -0.1) is 0 Å². The number of aromatic carboxylic acids is 1. The predicted octanol–water partition coefficient (Wildman–Crippen LogP) is 6.73. The number of hydrogen-bond acceptors (Lipinski definition) is 6. The molecular weight excluding hydrogens is 468 g/mol. The molecular formula is C25H20N4O3S2. The van der Waals surface area contributed by atoms with E-state index in [4.69, 9.17) is 16.7 Å². The van der Waals surface area contributed by atoms with Crippen molar-refractivity contribution >= 4 is 41.0 Å². The summed E-state index contributed by atoms with van der Waals surface area (Å²) in [7, 11) is 0. The van der Waals surface area contributed by atoms with Gasteiger partial charge in [0.2, 0.25) is 0 Å². The fourth-order valence-electron chi connectivity index (χ4n) is 4.06. The molecule has 5 aromatic rings. The third-order valence-electron chi connectivity index (χ3n) is 5.64. The monoisotopic (exact) mass is 488 g/mol. The molecule has 0 fully saturated rings. The fourth-order valence-corrected chi connectivity index (χ4v) is 4.79. The largest absolute Gasteiger partial charge is 0.478 e. The second kappa shape index (κ2) is 8.92. The molecule has 0 spiro atoms. The van der Waals surface area contributed by atoms with Gasteiger partial charge in [-0.1, -0.05) is 67.2 Å². The number of fused-ring (bicyclic) bond motifs is 1. The minimum atomic E-state index is -0.988. The van der Waals surface area contributed by atoms with Crippen molar-refractivity contribution in [2.45, 2.75) is 19.0 Å². The summed E-state index contributed by atoms with van der Waals surface area (Å²) < 4.78 is 5.10. The van der Waals surface area contributed by atoms with Crippen LogP contribution in [0.4, 0.5) is 0 Å². The van der Waals surface area contributed by atoms with E-state index >= 15 is 0 Å². The average molecular weight is 489 g/mol. The topological polar surface area (TPSA) is 108 Å². The Hall–Kier alpha value is -3.69. The number of benzene rings is 3. The van der Waals surface area contributed by atoms with Crippen LogP contribution >= 0.6 is 24.0 Å². The van der Waals surface area contributed by atoms with Crippen LogP contribution in [0.5, 0.6) is 0 Å². The highest BCUT2D eigenvalue weighted by Crippen LogP contribution is 2.35. The zero-order valence-corrected chi connectivity index (χ0v) is 20.0. The first-order valence-corrected chi connectivity index (χ1v) is 12.0. The number of carboxylic acid groups (broad SMARTS) is 1. The highest BCUT2D eigenvalue weighted by molar-refractivity contribution is 7.99. The molecule has 0 saturated heterocycles. The lowest BCUT2D eigenvalue weighted by molar-refractivity contribution is 0.0699. The van der Waals surface area contributed by atoms with Crippen molar-refractivity contribution in [1.29, 1.82) is 0 Å². The zero-order chi connectivity index (χ0) is 23.8. The van der Waals surface area contributed by atoms with E-state index in [0.29, 0.717) is 16.9 Å². The van der Waals surface area contributed by atoms with E-state index in [1.807, 2.05) is 62.4 Å². The average Bonchev–Trinajstić information content (AvgIpc) is 3.46. The third kappa shape index (κ3) is 3.93. The lowest BCUT2D eigenvalue weighted by Gasteiger charge is -2.11. The van der Waals surface area contributed by atoms with Crippen molar-refractivity contribution < 1.29 is 14.4 Å². The Morgan fingerprint density at radius 3 is 2.35 bits per heavy atom. The van der Waals surface area contributed by atoms with E-state index in [2.05, 4.69) is 20.1 Å². The Labute approximate surface area is 204 Å². The summed E-state index contributed by atoms with van der Waals surface area (Å²) in [6.45, 7) is 4.01. The standard InChI is InChI=1S/C25H20N4O3S2/c1-3-34-24-26-20-13(2)18(12-19(23(30)31)21(20)27-24)15-10-8-14(9-11-15)16-6-4-5-7-17(16)22-28-25(33)32-29-22/h4-12H,3H2,1-2H3,(H,26,27)(H,30,31)(H,28,29,33). The Morgan fingerprint density at radius 2 is 1.74 bits per heavy atom. The van der Waals surface area contributed by atoms with Crippen molar-refractivity contribution in [3.63, 3.8) is 0 Å². The van der Waals surface area contributed by atoms with E-state index in [-0.39, 0.29) is 10.4 Å². The summed E-state index contributed by atoms with van der Waals surface area (Å²) in [6, 6.07) is 17.6. The summed E-state index contributed by atoms with van der Waals surface area (Å²) >= 11 is 6.55. The van der Waals surface area contributed by atoms with Crippen molar-refractivity contribution in [3.8, 4) is 33.6 Å². The Kier molecular flexibility index (Phi) is 5.80. The molecule has 34 heavy (non-hydrogen) atoms. The van der Waals surface area contributed by atoms with Crippen molar-refractivity contribution in [2.24, 2.45) is 0 Å². The second-order valence-electron chi connectivity index (χ2n) is 7.65. The quantitative estimate of drug-likeness (QED) is 0.180. The number of carbonyl (C=O) groups is 1. The molecule has 3 aromatic carbocycles. The van der Waals surface area contributed by atoms with E-state index in [1.165, 1.54) is 0 Å². The van der Waals surface area contributed by atoms with Gasteiger partial charge in [0.1, 0.15) is 0 Å². The zero-order valence-electron chi connectivity index (χ0n) is 18.4. The molecule has 0 aliphatic carbocycles. The van der Waals surface area contributed by atoms with Crippen molar-refractivity contribution in [3.05, 3.63) is 70.6 Å². The summed E-state index contributed by atoms with van der Waals surface area (Å²) in [6.07, 6.45) is 0. The Bertz CT molecular complexity index is 1580. The predicted molar refractivity (Wildman–Crippen MR) is 136 cm³/mol. The first-order valence-electron chi connectivity index (χ1n) is 10.6. The van der Waals surface area contributed by atoms with Crippen LogP contribution in [0.2, 0.25) is 0 Å². The Balaban J connectivity index is 1.60. The van der Waals surface area contributed by atoms with Crippen molar-refractivity contribution in [1.82, 2.24) is 20.1 Å². The Morgan fingerprint density at radius 1 is 1.06 bits per heavy atom. The summed E-state index contributed by atoms with van der Waals surface area (Å²) in [5, 5.41) is 13.3. The smallest absolute Gasteiger partial charge is 0.337 e. The molecule has 0 aliphatic rings. The van der Waals surface area contributed by atoms with E-state index in [9.17, 15) is 9.90 Å². The molecule has 2 aromatic heterocycles. The van der Waals surface area contributed by atoms with Crippen molar-refractivity contribution in [2.75, 3.05) is 5.75 Å². The number of thioether (sulfide) groups is 1. The number of aromatic amines is 2.